The van der Waals surface area contributed by atoms with Gasteiger partial charge in [-0.05, 0) is 63.3 Å². The molecule has 1 aliphatic heterocycles. The van der Waals surface area contributed by atoms with Crippen molar-refractivity contribution in [3.05, 3.63) is 108 Å². The minimum atomic E-state index is -2.77. The first-order valence-corrected chi connectivity index (χ1v) is 21.4. The number of aliphatic hydroxyl groups is 1. The lowest BCUT2D eigenvalue weighted by molar-refractivity contribution is -0.339. The fourth-order valence-electron chi connectivity index (χ4n) is 6.73. The van der Waals surface area contributed by atoms with Gasteiger partial charge in [-0.2, -0.15) is 5.26 Å². The number of ketones is 1. The summed E-state index contributed by atoms with van der Waals surface area (Å²) in [6, 6.07) is 25.5. The van der Waals surface area contributed by atoms with Crippen LogP contribution in [-0.4, -0.2) is 99.8 Å². The van der Waals surface area contributed by atoms with E-state index in [9.17, 15) is 24.4 Å². The normalized spacial score (nSPS) is 21.1. The number of rotatable bonds is 24. The molecule has 3 aromatic rings. The second-order valence-corrected chi connectivity index (χ2v) is 15.8. The number of ether oxygens (including phenoxy) is 4. The molecule has 59 heavy (non-hydrogen) atoms. The molecule has 0 spiro atoms. The maximum absolute atomic E-state index is 14.7. The minimum Gasteiger partial charge on any atom is -0.452 e. The summed E-state index contributed by atoms with van der Waals surface area (Å²) < 4.78 is 30.7. The zero-order valence-electron chi connectivity index (χ0n) is 34.6. The van der Waals surface area contributed by atoms with E-state index in [1.54, 1.807) is 59.6 Å². The monoisotopic (exact) mass is 835 g/mol. The average Bonchev–Trinajstić information content (AvgIpc) is 3.24. The van der Waals surface area contributed by atoms with E-state index in [4.69, 9.17) is 33.6 Å². The van der Waals surface area contributed by atoms with E-state index >= 15 is 0 Å². The first kappa shape index (κ1) is 47.5. The predicted molar refractivity (Wildman–Crippen MR) is 220 cm³/mol. The van der Waals surface area contributed by atoms with Crippen LogP contribution in [0.3, 0.4) is 0 Å². The van der Waals surface area contributed by atoms with Crippen LogP contribution in [0.1, 0.15) is 111 Å². The van der Waals surface area contributed by atoms with E-state index in [1.807, 2.05) is 33.8 Å². The Bertz CT molecular complexity index is 1760. The summed E-state index contributed by atoms with van der Waals surface area (Å²) in [6.45, 7) is 9.17. The molecule has 1 saturated heterocycles. The van der Waals surface area contributed by atoms with Gasteiger partial charge in [0.1, 0.15) is 12.7 Å². The highest BCUT2D eigenvalue weighted by atomic mass is 31.2. The molecule has 4 rings (SSSR count). The second kappa shape index (κ2) is 24.2. The smallest absolute Gasteiger partial charge is 0.338 e. The fourth-order valence-corrected chi connectivity index (χ4v) is 7.83. The van der Waals surface area contributed by atoms with Gasteiger partial charge in [-0.15, -0.1) is 0 Å². The molecular formula is C44H58N3O11P. The molecule has 1 heterocycles. The van der Waals surface area contributed by atoms with Gasteiger partial charge in [0.2, 0.25) is 11.4 Å². The number of hydrazine groups is 1. The fraction of sp³-hybridized carbons (Fsp3) is 0.500. The van der Waals surface area contributed by atoms with Crippen LogP contribution in [0.2, 0.25) is 0 Å². The largest absolute Gasteiger partial charge is 0.452 e. The summed E-state index contributed by atoms with van der Waals surface area (Å²) in [5.41, 5.74) is -2.46. The van der Waals surface area contributed by atoms with Crippen LogP contribution < -0.4 is 0 Å². The van der Waals surface area contributed by atoms with Gasteiger partial charge < -0.3 is 33.5 Å². The molecule has 1 aliphatic rings. The summed E-state index contributed by atoms with van der Waals surface area (Å²) >= 11 is 0. The van der Waals surface area contributed by atoms with Crippen LogP contribution in [0.15, 0.2) is 91.0 Å². The van der Waals surface area contributed by atoms with Gasteiger partial charge in [0, 0.05) is 24.3 Å². The molecule has 3 aromatic carbocycles. The number of hydrogen-bond acceptors (Lipinski definition) is 14. The Morgan fingerprint density at radius 1 is 0.797 bits per heavy atom. The van der Waals surface area contributed by atoms with Crippen LogP contribution in [-0.2, 0) is 28.3 Å². The molecule has 320 valence electrons. The Morgan fingerprint density at radius 2 is 1.32 bits per heavy atom. The highest BCUT2D eigenvalue weighted by Crippen LogP contribution is 2.42. The van der Waals surface area contributed by atoms with Gasteiger partial charge >= 0.3 is 11.9 Å². The minimum absolute atomic E-state index is 0.0138. The Hall–Kier alpha value is -4.13. The lowest BCUT2D eigenvalue weighted by Crippen LogP contribution is -2.72. The van der Waals surface area contributed by atoms with Crippen molar-refractivity contribution in [1.82, 2.24) is 9.95 Å². The highest BCUT2D eigenvalue weighted by molar-refractivity contribution is 7.43. The number of Topliss-reactive ketones (excluding diaryl/α,β-unsaturated/α-hetero) is 1. The topological polar surface area (TPSA) is 177 Å². The SMILES string of the molecule is CCCCCCCCOC1O[C@H](CON(N(C(C)C)C(C)C)P(O)OCCC#N)[C@@H](OC(=O)c2ccccc2)[C@H](OC(=O)c2ccccc2)[C@]1(O)C(=O)c1ccccc1. The van der Waals surface area contributed by atoms with E-state index < -0.39 is 63.1 Å². The molecule has 14 nitrogen and oxygen atoms in total. The number of nitrogens with zero attached hydrogens (tertiary/aromatic N) is 3. The maximum atomic E-state index is 14.7. The summed E-state index contributed by atoms with van der Waals surface area (Å²) in [5.74, 6) is -2.67. The van der Waals surface area contributed by atoms with Gasteiger partial charge in [-0.3, -0.25) is 9.63 Å². The third-order valence-electron chi connectivity index (χ3n) is 9.60. The number of nitriles is 1. The summed E-state index contributed by atoms with van der Waals surface area (Å²) in [7, 11) is -2.50. The molecule has 1 fully saturated rings. The molecule has 2 N–H and O–H groups in total. The van der Waals surface area contributed by atoms with E-state index in [0.717, 1.165) is 37.0 Å². The molecule has 0 bridgehead atoms. The Labute approximate surface area is 348 Å². The number of unbranched alkanes of at least 4 members (excludes halogenated alkanes) is 5. The number of carbonyl (C=O) groups excluding carboxylic acids is 3. The van der Waals surface area contributed by atoms with Gasteiger partial charge in [0.25, 0.3) is 8.53 Å². The van der Waals surface area contributed by atoms with Crippen molar-refractivity contribution in [3.63, 3.8) is 0 Å². The molecule has 2 unspecified atom stereocenters. The van der Waals surface area contributed by atoms with Gasteiger partial charge in [0.15, 0.2) is 18.5 Å². The van der Waals surface area contributed by atoms with Crippen LogP contribution in [0.5, 0.6) is 0 Å². The van der Waals surface area contributed by atoms with Crippen molar-refractivity contribution < 1.29 is 52.7 Å². The Kier molecular flexibility index (Phi) is 19.5. The van der Waals surface area contributed by atoms with Crippen molar-refractivity contribution in [2.24, 2.45) is 0 Å². The number of hydrogen-bond donors (Lipinski definition) is 2. The first-order chi connectivity index (χ1) is 28.4. The molecule has 0 amide bonds. The molecule has 6 atom stereocenters. The lowest BCUT2D eigenvalue weighted by Gasteiger charge is -2.49. The van der Waals surface area contributed by atoms with Crippen molar-refractivity contribution in [2.45, 2.75) is 122 Å². The van der Waals surface area contributed by atoms with E-state index in [2.05, 4.69) is 6.92 Å². The molecule has 0 aliphatic carbocycles. The summed E-state index contributed by atoms with van der Waals surface area (Å²) in [4.78, 5) is 61.5. The van der Waals surface area contributed by atoms with Gasteiger partial charge in [-0.1, -0.05) is 106 Å². The van der Waals surface area contributed by atoms with Crippen molar-refractivity contribution >= 4 is 26.2 Å². The number of carbonyl (C=O) groups is 3. The zero-order valence-corrected chi connectivity index (χ0v) is 35.4. The Morgan fingerprint density at radius 3 is 1.86 bits per heavy atom. The highest BCUT2D eigenvalue weighted by Gasteiger charge is 2.64. The third kappa shape index (κ3) is 13.2. The number of benzene rings is 3. The van der Waals surface area contributed by atoms with Crippen molar-refractivity contribution in [2.75, 3.05) is 19.8 Å². The molecule has 15 heteroatoms. The van der Waals surface area contributed by atoms with Crippen LogP contribution in [0, 0.1) is 11.3 Å². The van der Waals surface area contributed by atoms with Crippen LogP contribution in [0.25, 0.3) is 0 Å². The lowest BCUT2D eigenvalue weighted by atomic mass is 9.80. The standard InChI is InChI=1S/C44H58N3O11P/c1-6-7-8-9-10-20-29-53-43-44(51,39(48)34-22-14-11-15-23-34)40(58-42(50)36-26-18-13-19-27-36)38(57-41(49)35-24-16-12-17-25-35)37(56-43)31-54-47(46(32(2)3)33(4)5)59(52)55-30-21-28-45/h11-19,22-27,32-33,37-38,40,43,51-52H,6-10,20-21,29-31H2,1-5H3/t37-,38-,40+,43?,44-,59?/m1/s1. The van der Waals surface area contributed by atoms with Crippen molar-refractivity contribution in [1.29, 1.82) is 5.26 Å². The van der Waals surface area contributed by atoms with Crippen LogP contribution >= 0.6 is 8.53 Å². The van der Waals surface area contributed by atoms with Gasteiger partial charge in [0.05, 0.1) is 30.2 Å². The van der Waals surface area contributed by atoms with E-state index in [1.165, 1.54) is 36.4 Å². The summed E-state index contributed by atoms with van der Waals surface area (Å²) in [6.07, 6.45) is -1.18. The van der Waals surface area contributed by atoms with E-state index in [-0.39, 0.29) is 48.4 Å². The zero-order chi connectivity index (χ0) is 42.8. The van der Waals surface area contributed by atoms with E-state index in [0.29, 0.717) is 6.42 Å². The average molecular weight is 836 g/mol. The summed E-state index contributed by atoms with van der Waals surface area (Å²) in [5, 5.41) is 23.8. The van der Waals surface area contributed by atoms with Crippen LogP contribution in [0.4, 0.5) is 0 Å². The number of esters is 2. The van der Waals surface area contributed by atoms with Gasteiger partial charge in [-0.25, -0.2) is 14.6 Å². The first-order valence-electron chi connectivity index (χ1n) is 20.2. The Balaban J connectivity index is 1.85. The quantitative estimate of drug-likeness (QED) is 0.0297. The molecular weight excluding hydrogens is 777 g/mol. The second-order valence-electron chi connectivity index (χ2n) is 14.7. The molecule has 0 saturated carbocycles. The third-order valence-corrected chi connectivity index (χ3v) is 10.6. The molecule has 0 radical (unpaired) electrons. The predicted octanol–water partition coefficient (Wildman–Crippen LogP) is 7.57. The van der Waals surface area contributed by atoms with Crippen molar-refractivity contribution in [3.8, 4) is 6.07 Å². The maximum Gasteiger partial charge on any atom is 0.338 e. The molecule has 0 aromatic heterocycles.